The molecular formula is C15H15N3O2. The van der Waals surface area contributed by atoms with E-state index in [0.29, 0.717) is 24.3 Å². The lowest BCUT2D eigenvalue weighted by molar-refractivity contribution is 0.0734. The summed E-state index contributed by atoms with van der Waals surface area (Å²) in [4.78, 5) is 27.7. The maximum Gasteiger partial charge on any atom is 0.255 e. The Bertz CT molecular complexity index is 701. The molecule has 2 aromatic rings. The molecule has 0 unspecified atom stereocenters. The van der Waals surface area contributed by atoms with E-state index in [0.717, 1.165) is 12.0 Å². The van der Waals surface area contributed by atoms with Crippen LogP contribution in [0, 0.1) is 0 Å². The van der Waals surface area contributed by atoms with Gasteiger partial charge in [0.15, 0.2) is 0 Å². The Labute approximate surface area is 116 Å². The van der Waals surface area contributed by atoms with Crippen LogP contribution in [-0.2, 0) is 13.0 Å². The first-order valence-corrected chi connectivity index (χ1v) is 6.49. The van der Waals surface area contributed by atoms with Crippen LogP contribution in [0.5, 0.6) is 0 Å². The van der Waals surface area contributed by atoms with Gasteiger partial charge >= 0.3 is 0 Å². The Morgan fingerprint density at radius 1 is 1.20 bits per heavy atom. The van der Waals surface area contributed by atoms with Gasteiger partial charge in [0.2, 0.25) is 5.56 Å². The summed E-state index contributed by atoms with van der Waals surface area (Å²) < 4.78 is 0. The minimum Gasteiger partial charge on any atom is -0.399 e. The van der Waals surface area contributed by atoms with Crippen molar-refractivity contribution in [1.29, 1.82) is 0 Å². The van der Waals surface area contributed by atoms with Gasteiger partial charge in [0.25, 0.3) is 5.91 Å². The molecule has 1 aromatic heterocycles. The van der Waals surface area contributed by atoms with Gasteiger partial charge in [-0.3, -0.25) is 9.59 Å². The number of carbonyl (C=O) groups is 1. The number of anilines is 1. The number of hydrogen-bond acceptors (Lipinski definition) is 3. The molecule has 1 aromatic carbocycles. The summed E-state index contributed by atoms with van der Waals surface area (Å²) in [5.74, 6) is -0.0747. The number of carbonyl (C=O) groups excluding carboxylic acids is 1. The van der Waals surface area contributed by atoms with Gasteiger partial charge in [-0.2, -0.15) is 0 Å². The monoisotopic (exact) mass is 269 g/mol. The van der Waals surface area contributed by atoms with Gasteiger partial charge in [-0.05, 0) is 35.7 Å². The highest BCUT2D eigenvalue weighted by Gasteiger charge is 2.21. The lowest BCUT2D eigenvalue weighted by atomic mass is 9.98. The van der Waals surface area contributed by atoms with Crippen LogP contribution in [0.15, 0.2) is 41.3 Å². The van der Waals surface area contributed by atoms with Crippen LogP contribution in [0.25, 0.3) is 0 Å². The topological polar surface area (TPSA) is 79.2 Å². The highest BCUT2D eigenvalue weighted by atomic mass is 16.2. The molecule has 0 fully saturated rings. The largest absolute Gasteiger partial charge is 0.399 e. The van der Waals surface area contributed by atoms with Gasteiger partial charge in [-0.15, -0.1) is 0 Å². The normalized spacial score (nSPS) is 13.9. The van der Waals surface area contributed by atoms with Crippen LogP contribution in [0.3, 0.4) is 0 Å². The fourth-order valence-electron chi connectivity index (χ4n) is 2.48. The quantitative estimate of drug-likeness (QED) is 0.762. The number of hydrogen-bond donors (Lipinski definition) is 2. The summed E-state index contributed by atoms with van der Waals surface area (Å²) in [6.45, 7) is 1.23. The van der Waals surface area contributed by atoms with Crippen molar-refractivity contribution in [2.45, 2.75) is 13.0 Å². The van der Waals surface area contributed by atoms with Gasteiger partial charge in [-0.1, -0.05) is 6.07 Å². The number of aromatic amines is 1. The van der Waals surface area contributed by atoms with E-state index in [9.17, 15) is 9.59 Å². The van der Waals surface area contributed by atoms with Crippen LogP contribution in [0.1, 0.15) is 21.5 Å². The van der Waals surface area contributed by atoms with Crippen LogP contribution in [0.4, 0.5) is 5.69 Å². The number of nitrogen functional groups attached to an aromatic ring is 1. The number of pyridine rings is 1. The Hall–Kier alpha value is -2.56. The van der Waals surface area contributed by atoms with Crippen LogP contribution < -0.4 is 11.3 Å². The maximum absolute atomic E-state index is 12.4. The average molecular weight is 269 g/mol. The fourth-order valence-corrected chi connectivity index (χ4v) is 2.48. The molecule has 5 heteroatoms. The zero-order valence-corrected chi connectivity index (χ0v) is 10.9. The molecule has 102 valence electrons. The Kier molecular flexibility index (Phi) is 3.02. The molecule has 3 N–H and O–H groups in total. The highest BCUT2D eigenvalue weighted by molar-refractivity contribution is 5.94. The van der Waals surface area contributed by atoms with E-state index in [1.165, 1.54) is 17.8 Å². The van der Waals surface area contributed by atoms with Gasteiger partial charge in [0, 0.05) is 31.0 Å². The van der Waals surface area contributed by atoms with Crippen molar-refractivity contribution in [1.82, 2.24) is 9.88 Å². The summed E-state index contributed by atoms with van der Waals surface area (Å²) >= 11 is 0. The van der Waals surface area contributed by atoms with E-state index >= 15 is 0 Å². The first-order valence-electron chi connectivity index (χ1n) is 6.49. The van der Waals surface area contributed by atoms with Crippen molar-refractivity contribution in [2.75, 3.05) is 12.3 Å². The number of nitrogens with one attached hydrogen (secondary N) is 1. The Morgan fingerprint density at radius 3 is 2.80 bits per heavy atom. The van der Waals surface area contributed by atoms with E-state index in [1.54, 1.807) is 11.0 Å². The summed E-state index contributed by atoms with van der Waals surface area (Å²) in [5, 5.41) is 0. The smallest absolute Gasteiger partial charge is 0.255 e. The van der Waals surface area contributed by atoms with Crippen molar-refractivity contribution >= 4 is 11.6 Å². The second-order valence-electron chi connectivity index (χ2n) is 4.95. The summed E-state index contributed by atoms with van der Waals surface area (Å²) in [6, 6.07) is 8.74. The molecule has 1 aliphatic heterocycles. The SMILES string of the molecule is Nc1ccc2c(c1)CN(C(=O)c1ccc(=O)[nH]c1)CC2. The molecule has 0 radical (unpaired) electrons. The summed E-state index contributed by atoms with van der Waals surface area (Å²) in [6.07, 6.45) is 2.28. The summed E-state index contributed by atoms with van der Waals surface area (Å²) in [5.41, 5.74) is 9.12. The number of rotatable bonds is 1. The maximum atomic E-state index is 12.4. The second-order valence-corrected chi connectivity index (χ2v) is 4.95. The number of amides is 1. The zero-order valence-electron chi connectivity index (χ0n) is 10.9. The fraction of sp³-hybridized carbons (Fsp3) is 0.200. The van der Waals surface area contributed by atoms with Gasteiger partial charge in [0.1, 0.15) is 0 Å². The number of H-pyrrole nitrogens is 1. The van der Waals surface area contributed by atoms with E-state index in [2.05, 4.69) is 4.98 Å². The third-order valence-corrected chi connectivity index (χ3v) is 3.56. The number of benzene rings is 1. The predicted octanol–water partition coefficient (Wildman–Crippen LogP) is 1.16. The van der Waals surface area contributed by atoms with Gasteiger partial charge < -0.3 is 15.6 Å². The lowest BCUT2D eigenvalue weighted by Crippen LogP contribution is -2.36. The molecule has 0 bridgehead atoms. The van der Waals surface area contributed by atoms with Crippen molar-refractivity contribution in [3.63, 3.8) is 0 Å². The molecule has 1 aliphatic rings. The average Bonchev–Trinajstić information content (AvgIpc) is 2.46. The molecule has 0 spiro atoms. The number of aromatic nitrogens is 1. The van der Waals surface area contributed by atoms with Crippen LogP contribution in [-0.4, -0.2) is 22.3 Å². The number of nitrogens with zero attached hydrogens (tertiary/aromatic N) is 1. The molecule has 1 amide bonds. The van der Waals surface area contributed by atoms with Crippen LogP contribution in [0.2, 0.25) is 0 Å². The molecule has 0 saturated heterocycles. The molecule has 0 atom stereocenters. The molecular weight excluding hydrogens is 254 g/mol. The van der Waals surface area contributed by atoms with Crippen molar-refractivity contribution in [3.8, 4) is 0 Å². The van der Waals surface area contributed by atoms with Gasteiger partial charge in [0.05, 0.1) is 5.56 Å². The first kappa shape index (κ1) is 12.5. The molecule has 5 nitrogen and oxygen atoms in total. The second kappa shape index (κ2) is 4.85. The molecule has 0 saturated carbocycles. The molecule has 3 rings (SSSR count). The highest BCUT2D eigenvalue weighted by Crippen LogP contribution is 2.22. The Balaban J connectivity index is 1.84. The number of nitrogens with two attached hydrogens (primary N) is 1. The summed E-state index contributed by atoms with van der Waals surface area (Å²) in [7, 11) is 0. The molecule has 20 heavy (non-hydrogen) atoms. The van der Waals surface area contributed by atoms with E-state index < -0.39 is 0 Å². The Morgan fingerprint density at radius 2 is 2.05 bits per heavy atom. The van der Waals surface area contributed by atoms with Crippen molar-refractivity contribution < 1.29 is 4.79 Å². The standard InChI is InChI=1S/C15H15N3O2/c16-13-3-1-10-5-6-18(9-12(10)7-13)15(20)11-2-4-14(19)17-8-11/h1-4,7-8H,5-6,9,16H2,(H,17,19). The molecule has 0 aliphatic carbocycles. The van der Waals surface area contributed by atoms with E-state index in [1.807, 2.05) is 18.2 Å². The third kappa shape index (κ3) is 2.30. The van der Waals surface area contributed by atoms with Crippen molar-refractivity contribution in [3.05, 3.63) is 63.6 Å². The minimum atomic E-state index is -0.210. The first-order chi connectivity index (χ1) is 9.63. The zero-order chi connectivity index (χ0) is 14.1. The van der Waals surface area contributed by atoms with Crippen molar-refractivity contribution in [2.24, 2.45) is 0 Å². The van der Waals surface area contributed by atoms with Gasteiger partial charge in [-0.25, -0.2) is 0 Å². The van der Waals surface area contributed by atoms with E-state index in [-0.39, 0.29) is 11.5 Å². The third-order valence-electron chi connectivity index (χ3n) is 3.56. The minimum absolute atomic E-state index is 0.0747. The predicted molar refractivity (Wildman–Crippen MR) is 76.4 cm³/mol. The number of fused-ring (bicyclic) bond motifs is 1. The van der Waals surface area contributed by atoms with Crippen LogP contribution >= 0.6 is 0 Å². The lowest BCUT2D eigenvalue weighted by Gasteiger charge is -2.29. The van der Waals surface area contributed by atoms with E-state index in [4.69, 9.17) is 5.73 Å². The molecule has 2 heterocycles.